The number of pyridine rings is 1. The molecule has 0 amide bonds. The second kappa shape index (κ2) is 10.8. The molecule has 3 aromatic heterocycles. The third-order valence-corrected chi connectivity index (χ3v) is 7.81. The Bertz CT molecular complexity index is 2030. The van der Waals surface area contributed by atoms with Gasteiger partial charge in [0.15, 0.2) is 5.54 Å². The first-order chi connectivity index (χ1) is 20.3. The van der Waals surface area contributed by atoms with Crippen molar-refractivity contribution in [1.29, 1.82) is 0 Å². The molecule has 0 saturated carbocycles. The second-order valence-corrected chi connectivity index (χ2v) is 11.1. The molecule has 1 unspecified atom stereocenters. The van der Waals surface area contributed by atoms with Crippen LogP contribution in [0.2, 0.25) is 5.02 Å². The highest BCUT2D eigenvalue weighted by Gasteiger charge is 2.42. The van der Waals surface area contributed by atoms with Gasteiger partial charge in [0.25, 0.3) is 5.56 Å². The molecule has 0 aliphatic heterocycles. The zero-order valence-electron chi connectivity index (χ0n) is 23.8. The Hall–Kier alpha value is -4.93. The molecule has 0 radical (unpaired) electrons. The first-order valence-corrected chi connectivity index (χ1v) is 14.0. The lowest BCUT2D eigenvalue weighted by atomic mass is 9.79. The molecule has 3 heterocycles. The predicted molar refractivity (Wildman–Crippen MR) is 166 cm³/mol. The summed E-state index contributed by atoms with van der Waals surface area (Å²) >= 11 is 6.35. The zero-order valence-corrected chi connectivity index (χ0v) is 24.5. The summed E-state index contributed by atoms with van der Waals surface area (Å²) in [4.78, 5) is 22.0. The van der Waals surface area contributed by atoms with Crippen LogP contribution in [0.4, 0.5) is 0 Å². The summed E-state index contributed by atoms with van der Waals surface area (Å²) in [7, 11) is 3.76. The molecule has 6 rings (SSSR count). The average molecular weight is 573 g/mol. The maximum atomic E-state index is 13.2. The summed E-state index contributed by atoms with van der Waals surface area (Å²) in [5.74, 6) is 6.75. The summed E-state index contributed by atoms with van der Waals surface area (Å²) < 4.78 is 5.51. The van der Waals surface area contributed by atoms with Gasteiger partial charge in [-0.15, -0.1) is 0 Å². The van der Waals surface area contributed by atoms with E-state index in [0.717, 1.165) is 44.4 Å². The van der Waals surface area contributed by atoms with E-state index < -0.39 is 5.54 Å². The van der Waals surface area contributed by atoms with Gasteiger partial charge in [0.1, 0.15) is 12.7 Å². The molecule has 0 fully saturated rings. The fourth-order valence-corrected chi connectivity index (χ4v) is 5.67. The highest BCUT2D eigenvalue weighted by molar-refractivity contribution is 6.30. The van der Waals surface area contributed by atoms with Gasteiger partial charge in [0.2, 0.25) is 0 Å². The van der Waals surface area contributed by atoms with Crippen molar-refractivity contribution < 1.29 is 0 Å². The van der Waals surface area contributed by atoms with E-state index in [0.29, 0.717) is 5.02 Å². The average Bonchev–Trinajstić information content (AvgIpc) is 3.68. The number of benzene rings is 3. The third kappa shape index (κ3) is 4.60. The number of hydrogen-bond donors (Lipinski definition) is 0. The van der Waals surface area contributed by atoms with E-state index >= 15 is 0 Å². The smallest absolute Gasteiger partial charge is 0.251 e. The van der Waals surface area contributed by atoms with Gasteiger partial charge in [-0.3, -0.25) is 4.79 Å². The van der Waals surface area contributed by atoms with E-state index in [4.69, 9.17) is 11.6 Å². The molecule has 0 N–H and O–H groups in total. The van der Waals surface area contributed by atoms with Gasteiger partial charge in [-0.2, -0.15) is 5.10 Å². The van der Waals surface area contributed by atoms with Crippen LogP contribution in [-0.4, -0.2) is 28.9 Å². The Morgan fingerprint density at radius 1 is 0.905 bits per heavy atom. The van der Waals surface area contributed by atoms with E-state index in [9.17, 15) is 4.79 Å². The van der Waals surface area contributed by atoms with Crippen molar-refractivity contribution in [1.82, 2.24) is 28.9 Å². The molecule has 42 heavy (non-hydrogen) atoms. The molecule has 6 aromatic rings. The van der Waals surface area contributed by atoms with Crippen molar-refractivity contribution in [2.75, 3.05) is 0 Å². The van der Waals surface area contributed by atoms with Crippen molar-refractivity contribution >= 4 is 22.5 Å². The monoisotopic (exact) mass is 572 g/mol. The van der Waals surface area contributed by atoms with Crippen LogP contribution >= 0.6 is 11.6 Å². The number of halogens is 1. The number of nitrogens with zero attached hydrogens (tertiary/aromatic N) is 6. The number of aromatic nitrogens is 6. The van der Waals surface area contributed by atoms with Gasteiger partial charge in [0, 0.05) is 42.1 Å². The molecule has 3 aromatic carbocycles. The van der Waals surface area contributed by atoms with E-state index in [1.54, 1.807) is 30.3 Å². The Morgan fingerprint density at radius 3 is 2.38 bits per heavy atom. The number of rotatable bonds is 5. The minimum atomic E-state index is -0.947. The van der Waals surface area contributed by atoms with Crippen LogP contribution in [0.1, 0.15) is 36.2 Å². The molecule has 1 atom stereocenters. The first-order valence-electron chi connectivity index (χ1n) is 13.6. The van der Waals surface area contributed by atoms with Crippen LogP contribution in [0.25, 0.3) is 22.0 Å². The lowest BCUT2D eigenvalue weighted by Gasteiger charge is -2.35. The second-order valence-electron chi connectivity index (χ2n) is 10.6. The largest absolute Gasteiger partial charge is 0.335 e. The molecule has 0 saturated heterocycles. The molecular formula is C34H29ClN6O. The maximum Gasteiger partial charge on any atom is 0.251 e. The number of aryl methyl sites for hydroxylation is 2. The Balaban J connectivity index is 1.70. The van der Waals surface area contributed by atoms with Crippen LogP contribution < -0.4 is 5.56 Å². The summed E-state index contributed by atoms with van der Waals surface area (Å²) in [5, 5.41) is 6.21. The van der Waals surface area contributed by atoms with Crippen LogP contribution in [0.15, 0.2) is 103 Å². The summed E-state index contributed by atoms with van der Waals surface area (Å²) in [6.07, 6.45) is 6.86. The lowest BCUT2D eigenvalue weighted by Crippen LogP contribution is -2.40. The van der Waals surface area contributed by atoms with Gasteiger partial charge in [-0.25, -0.2) is 14.6 Å². The minimum absolute atomic E-state index is 0.0872. The molecule has 0 aliphatic rings. The predicted octanol–water partition coefficient (Wildman–Crippen LogP) is 6.03. The quantitative estimate of drug-likeness (QED) is 0.236. The molecule has 0 spiro atoms. The van der Waals surface area contributed by atoms with Crippen molar-refractivity contribution in [3.05, 3.63) is 136 Å². The van der Waals surface area contributed by atoms with Crippen molar-refractivity contribution in [2.45, 2.75) is 19.4 Å². The Morgan fingerprint density at radius 2 is 1.69 bits per heavy atom. The summed E-state index contributed by atoms with van der Waals surface area (Å²) in [6.45, 7) is 4.13. The molecular weight excluding hydrogens is 544 g/mol. The van der Waals surface area contributed by atoms with Crippen molar-refractivity contribution in [3.8, 4) is 23.0 Å². The van der Waals surface area contributed by atoms with Crippen LogP contribution in [0.3, 0.4) is 0 Å². The van der Waals surface area contributed by atoms with Gasteiger partial charge in [0.05, 0.1) is 23.7 Å². The van der Waals surface area contributed by atoms with E-state index in [-0.39, 0.29) is 11.5 Å². The van der Waals surface area contributed by atoms with Crippen LogP contribution in [0.5, 0.6) is 0 Å². The number of imidazole rings is 1. The van der Waals surface area contributed by atoms with E-state index in [1.165, 1.54) is 6.33 Å². The first kappa shape index (κ1) is 27.3. The molecule has 0 bridgehead atoms. The van der Waals surface area contributed by atoms with Gasteiger partial charge in [-0.1, -0.05) is 67.6 Å². The number of fused-ring (bicyclic) bond motifs is 1. The molecule has 7 nitrogen and oxygen atoms in total. The Kier molecular flexibility index (Phi) is 7.01. The third-order valence-electron chi connectivity index (χ3n) is 7.55. The summed E-state index contributed by atoms with van der Waals surface area (Å²) in [5.41, 5.74) is 5.16. The highest BCUT2D eigenvalue weighted by Crippen LogP contribution is 2.42. The minimum Gasteiger partial charge on any atom is -0.335 e. The summed E-state index contributed by atoms with van der Waals surface area (Å²) in [6, 6.07) is 23.7. The van der Waals surface area contributed by atoms with Gasteiger partial charge < -0.3 is 9.13 Å². The van der Waals surface area contributed by atoms with Crippen molar-refractivity contribution in [2.24, 2.45) is 20.0 Å². The van der Waals surface area contributed by atoms with Crippen molar-refractivity contribution in [3.63, 3.8) is 0 Å². The topological polar surface area (TPSA) is 70.5 Å². The highest BCUT2D eigenvalue weighted by atomic mass is 35.5. The van der Waals surface area contributed by atoms with Crippen LogP contribution in [0, 0.1) is 17.8 Å². The fraction of sp³-hybridized carbons (Fsp3) is 0.176. The lowest BCUT2D eigenvalue weighted by molar-refractivity contribution is 0.435. The Labute approximate surface area is 249 Å². The van der Waals surface area contributed by atoms with Gasteiger partial charge in [-0.05, 0) is 58.7 Å². The standard InChI is InChI=1S/C34H29ClN6O/c1-23(2)8-9-24-6-5-7-25(16-24)29-18-33(42)40(4)31-15-12-27(17-30(29)31)34(41-22-37-20-38-41,32-19-36-21-39(32)3)26-10-13-28(35)14-11-26/h5-7,10-23H,1-4H3. The van der Waals surface area contributed by atoms with Gasteiger partial charge >= 0.3 is 0 Å². The SMILES string of the molecule is CC(C)C#Cc1cccc(-c2cc(=O)n(C)c3ccc(C(c4ccc(Cl)cc4)(c4cncn4C)n4cncn4)cc23)c1. The van der Waals surface area contributed by atoms with E-state index in [2.05, 4.69) is 46.8 Å². The zero-order chi connectivity index (χ0) is 29.4. The fourth-order valence-electron chi connectivity index (χ4n) is 5.54. The molecule has 8 heteroatoms. The van der Waals surface area contributed by atoms with Crippen LogP contribution in [-0.2, 0) is 19.6 Å². The molecule has 0 aliphatic carbocycles. The van der Waals surface area contributed by atoms with E-state index in [1.807, 2.05) is 83.2 Å². The number of hydrogen-bond acceptors (Lipinski definition) is 4. The molecule has 208 valence electrons. The maximum absolute atomic E-state index is 13.2. The normalized spacial score (nSPS) is 12.7.